The van der Waals surface area contributed by atoms with Crippen molar-refractivity contribution in [1.29, 1.82) is 0 Å². The molecule has 0 aliphatic carbocycles. The van der Waals surface area contributed by atoms with E-state index >= 15 is 0 Å². The van der Waals surface area contributed by atoms with Crippen molar-refractivity contribution in [3.8, 4) is 0 Å². The van der Waals surface area contributed by atoms with E-state index in [0.29, 0.717) is 12.7 Å². The summed E-state index contributed by atoms with van der Waals surface area (Å²) in [5.74, 6) is 0. The van der Waals surface area contributed by atoms with Gasteiger partial charge in [0.25, 0.3) is 0 Å². The molecule has 0 unspecified atom stereocenters. The van der Waals surface area contributed by atoms with Gasteiger partial charge in [-0.05, 0) is 0 Å². The molecule has 80 valence electrons. The Hall–Kier alpha value is 0.543. The van der Waals surface area contributed by atoms with E-state index in [4.69, 9.17) is 0 Å². The molecule has 0 aromatic rings. The second-order valence-electron chi connectivity index (χ2n) is 7.53. The first-order valence-electron chi connectivity index (χ1n) is 5.37. The summed E-state index contributed by atoms with van der Waals surface area (Å²) in [6.45, 7) is 21.9. The van der Waals surface area contributed by atoms with Gasteiger partial charge in [0.15, 0.2) is 0 Å². The van der Waals surface area contributed by atoms with Crippen LogP contribution in [-0.2, 0) is 0 Å². The Kier molecular flexibility index (Phi) is 3.75. The molecule has 0 amide bonds. The van der Waals surface area contributed by atoms with Crippen molar-refractivity contribution in [3.05, 3.63) is 0 Å². The van der Waals surface area contributed by atoms with Crippen molar-refractivity contribution in [2.45, 2.75) is 75.1 Å². The van der Waals surface area contributed by atoms with Crippen LogP contribution < -0.4 is 0 Å². The van der Waals surface area contributed by atoms with Crippen LogP contribution >= 0.6 is 0 Å². The zero-order valence-electron chi connectivity index (χ0n) is 11.1. The van der Waals surface area contributed by atoms with Crippen LogP contribution in [0.2, 0.25) is 12.7 Å². The second-order valence-corrected chi connectivity index (χ2v) is 20.2. The van der Waals surface area contributed by atoms with Crippen LogP contribution in [0.25, 0.3) is 0 Å². The Morgan fingerprint density at radius 1 is 0.462 bits per heavy atom. The molecule has 1 heteroatoms. The fraction of sp³-hybridized carbons (Fsp3) is 1.00. The van der Waals surface area contributed by atoms with Crippen LogP contribution in [0.3, 0.4) is 0 Å². The minimum absolute atomic E-state index is 0.573. The van der Waals surface area contributed by atoms with Gasteiger partial charge in [-0.1, -0.05) is 0 Å². The van der Waals surface area contributed by atoms with E-state index in [1.807, 2.05) is 0 Å². The Bertz CT molecular complexity index is 128. The van der Waals surface area contributed by atoms with Crippen LogP contribution in [0.15, 0.2) is 0 Å². The van der Waals surface area contributed by atoms with E-state index in [0.717, 1.165) is 0 Å². The number of hydrogen-bond acceptors (Lipinski definition) is 0. The van der Waals surface area contributed by atoms with E-state index in [1.54, 1.807) is 0 Å². The first-order valence-corrected chi connectivity index (χ1v) is 9.00. The SMILES string of the molecule is C[C](C)(C)[GeH]([C](C)(C)C)[C](C)(C)C. The standard InChI is InChI=1S/C12H28Ge/c1-10(2,3)13(11(4,5)6)12(7,8)9/h13H,1-9H3. The number of hydrogen-bond donors (Lipinski definition) is 0. The van der Waals surface area contributed by atoms with Crippen LogP contribution in [-0.4, -0.2) is 14.3 Å². The fourth-order valence-corrected chi connectivity index (χ4v) is 20.2. The van der Waals surface area contributed by atoms with E-state index in [9.17, 15) is 0 Å². The van der Waals surface area contributed by atoms with Gasteiger partial charge < -0.3 is 0 Å². The summed E-state index contributed by atoms with van der Waals surface area (Å²) >= 11 is -1.33. The Balaban J connectivity index is 5.02. The summed E-state index contributed by atoms with van der Waals surface area (Å²) in [5.41, 5.74) is 0. The quantitative estimate of drug-likeness (QED) is 0.546. The molecule has 0 aliphatic rings. The van der Waals surface area contributed by atoms with E-state index in [1.165, 1.54) is 0 Å². The summed E-state index contributed by atoms with van der Waals surface area (Å²) in [4.78, 5) is 0. The van der Waals surface area contributed by atoms with Crippen LogP contribution in [0.4, 0.5) is 0 Å². The molecule has 0 saturated heterocycles. The summed E-state index contributed by atoms with van der Waals surface area (Å²) in [6.07, 6.45) is 0. The summed E-state index contributed by atoms with van der Waals surface area (Å²) in [6, 6.07) is 0. The zero-order chi connectivity index (χ0) is 11.1. The monoisotopic (exact) mass is 246 g/mol. The van der Waals surface area contributed by atoms with Gasteiger partial charge in [0, 0.05) is 0 Å². The third-order valence-corrected chi connectivity index (χ3v) is 13.5. The van der Waals surface area contributed by atoms with E-state index in [2.05, 4.69) is 62.3 Å². The molecule has 0 heterocycles. The summed E-state index contributed by atoms with van der Waals surface area (Å²) in [7, 11) is 0. The molecule has 0 N–H and O–H groups in total. The summed E-state index contributed by atoms with van der Waals surface area (Å²) < 4.78 is 1.72. The van der Waals surface area contributed by atoms with Gasteiger partial charge in [-0.2, -0.15) is 0 Å². The van der Waals surface area contributed by atoms with Crippen LogP contribution in [0, 0.1) is 0 Å². The molecule has 0 radical (unpaired) electrons. The van der Waals surface area contributed by atoms with E-state index in [-0.39, 0.29) is 0 Å². The van der Waals surface area contributed by atoms with Crippen molar-refractivity contribution in [3.63, 3.8) is 0 Å². The van der Waals surface area contributed by atoms with Gasteiger partial charge in [0.1, 0.15) is 0 Å². The van der Waals surface area contributed by atoms with Crippen molar-refractivity contribution in [1.82, 2.24) is 0 Å². The Labute approximate surface area is 89.6 Å². The first kappa shape index (κ1) is 13.5. The molecule has 0 aliphatic heterocycles. The first-order chi connectivity index (χ1) is 5.37. The van der Waals surface area contributed by atoms with Crippen molar-refractivity contribution in [2.24, 2.45) is 0 Å². The predicted molar refractivity (Wildman–Crippen MR) is 66.3 cm³/mol. The average molecular weight is 245 g/mol. The second kappa shape index (κ2) is 3.60. The molecular formula is C12H28Ge. The summed E-state index contributed by atoms with van der Waals surface area (Å²) in [5, 5.41) is 0. The third kappa shape index (κ3) is 4.05. The third-order valence-electron chi connectivity index (χ3n) is 2.60. The molecular weight excluding hydrogens is 217 g/mol. The molecule has 0 spiro atoms. The van der Waals surface area contributed by atoms with Gasteiger partial charge in [-0.3, -0.25) is 0 Å². The molecule has 0 aromatic carbocycles. The molecule has 13 heavy (non-hydrogen) atoms. The van der Waals surface area contributed by atoms with Gasteiger partial charge in [-0.25, -0.2) is 0 Å². The van der Waals surface area contributed by atoms with Gasteiger partial charge in [-0.15, -0.1) is 0 Å². The van der Waals surface area contributed by atoms with Gasteiger partial charge in [0.05, 0.1) is 0 Å². The van der Waals surface area contributed by atoms with Crippen LogP contribution in [0.5, 0.6) is 0 Å². The van der Waals surface area contributed by atoms with Gasteiger partial charge >= 0.3 is 89.4 Å². The zero-order valence-corrected chi connectivity index (χ0v) is 13.5. The molecule has 0 rings (SSSR count). The van der Waals surface area contributed by atoms with E-state index < -0.39 is 14.3 Å². The normalized spacial score (nSPS) is 15.2. The van der Waals surface area contributed by atoms with Crippen molar-refractivity contribution < 1.29 is 0 Å². The molecule has 0 fully saturated rings. The predicted octanol–water partition coefficient (Wildman–Crippen LogP) is 4.61. The molecule has 0 aromatic heterocycles. The topological polar surface area (TPSA) is 0 Å². The fourth-order valence-electron chi connectivity index (χ4n) is 3.90. The maximum atomic E-state index is 2.44. The maximum absolute atomic E-state index is 2.44. The molecule has 0 nitrogen and oxygen atoms in total. The van der Waals surface area contributed by atoms with Crippen molar-refractivity contribution >= 4 is 14.3 Å². The minimum atomic E-state index is -1.33. The Morgan fingerprint density at radius 2 is 0.615 bits per heavy atom. The molecule has 0 bridgehead atoms. The number of rotatable bonds is 0. The van der Waals surface area contributed by atoms with Crippen molar-refractivity contribution in [2.75, 3.05) is 0 Å². The average Bonchev–Trinajstić information content (AvgIpc) is 1.44. The Morgan fingerprint density at radius 3 is 0.615 bits per heavy atom. The molecule has 0 saturated carbocycles. The van der Waals surface area contributed by atoms with Gasteiger partial charge in [0.2, 0.25) is 0 Å². The van der Waals surface area contributed by atoms with Crippen LogP contribution in [0.1, 0.15) is 62.3 Å². The molecule has 0 atom stereocenters.